The van der Waals surface area contributed by atoms with E-state index in [-0.39, 0.29) is 0 Å². The Hall–Kier alpha value is -4.06. The molecule has 0 amide bonds. The lowest BCUT2D eigenvalue weighted by Gasteiger charge is -2.03. The van der Waals surface area contributed by atoms with Crippen molar-refractivity contribution >= 4 is 0 Å². The zero-order chi connectivity index (χ0) is 19.6. The van der Waals surface area contributed by atoms with Gasteiger partial charge in [-0.2, -0.15) is 10.2 Å². The van der Waals surface area contributed by atoms with Crippen LogP contribution in [0.2, 0.25) is 0 Å². The number of aryl methyl sites for hydroxylation is 1. The van der Waals surface area contributed by atoms with Crippen LogP contribution in [0.4, 0.5) is 0 Å². The van der Waals surface area contributed by atoms with Crippen LogP contribution in [0, 0.1) is 6.92 Å². The van der Waals surface area contributed by atoms with Crippen LogP contribution in [0.15, 0.2) is 78.9 Å². The van der Waals surface area contributed by atoms with Gasteiger partial charge in [0, 0.05) is 22.3 Å². The molecule has 2 aromatic heterocycles. The lowest BCUT2D eigenvalue weighted by Crippen LogP contribution is -1.88. The van der Waals surface area contributed by atoms with E-state index in [1.807, 2.05) is 66.7 Å². The number of hydrogen-bond donors (Lipinski definition) is 2. The van der Waals surface area contributed by atoms with Crippen molar-refractivity contribution in [3.63, 3.8) is 0 Å². The molecule has 140 valence electrons. The van der Waals surface area contributed by atoms with Gasteiger partial charge in [-0.05, 0) is 30.7 Å². The lowest BCUT2D eigenvalue weighted by atomic mass is 10.1. The van der Waals surface area contributed by atoms with Crippen LogP contribution in [0.1, 0.15) is 5.56 Å². The maximum atomic E-state index is 4.67. The zero-order valence-corrected chi connectivity index (χ0v) is 15.8. The average molecular weight is 378 g/mol. The second-order valence-electron chi connectivity index (χ2n) is 6.84. The Labute approximate surface area is 167 Å². The van der Waals surface area contributed by atoms with E-state index in [4.69, 9.17) is 0 Å². The predicted molar refractivity (Wildman–Crippen MR) is 113 cm³/mol. The highest BCUT2D eigenvalue weighted by molar-refractivity contribution is 5.70. The van der Waals surface area contributed by atoms with Crippen LogP contribution in [-0.2, 0) is 0 Å². The van der Waals surface area contributed by atoms with E-state index in [1.54, 1.807) is 0 Å². The number of rotatable bonds is 4. The van der Waals surface area contributed by atoms with Gasteiger partial charge < -0.3 is 0 Å². The first kappa shape index (κ1) is 17.1. The van der Waals surface area contributed by atoms with Gasteiger partial charge in [-0.25, -0.2) is 9.97 Å². The van der Waals surface area contributed by atoms with Crippen molar-refractivity contribution in [3.05, 3.63) is 84.4 Å². The molecule has 0 aliphatic rings. The Kier molecular flexibility index (Phi) is 4.22. The van der Waals surface area contributed by atoms with Crippen LogP contribution >= 0.6 is 0 Å². The molecule has 0 radical (unpaired) electrons. The van der Waals surface area contributed by atoms with Crippen molar-refractivity contribution in [2.75, 3.05) is 0 Å². The second-order valence-corrected chi connectivity index (χ2v) is 6.84. The van der Waals surface area contributed by atoms with Gasteiger partial charge in [0.1, 0.15) is 0 Å². The molecular formula is C23H18N6. The average Bonchev–Trinajstić information content (AvgIpc) is 3.45. The Morgan fingerprint density at radius 1 is 0.552 bits per heavy atom. The Morgan fingerprint density at radius 3 is 1.45 bits per heavy atom. The third-order valence-corrected chi connectivity index (χ3v) is 4.66. The SMILES string of the molecule is Cc1cc(-c2nc(-c3ccccc3)n[nH]2)cc(-c2nc(-c3ccccc3)n[nH]2)c1. The normalized spacial score (nSPS) is 10.9. The van der Waals surface area contributed by atoms with Crippen molar-refractivity contribution in [2.45, 2.75) is 6.92 Å². The molecule has 0 aliphatic carbocycles. The molecule has 0 fully saturated rings. The highest BCUT2D eigenvalue weighted by Crippen LogP contribution is 2.27. The number of aromatic nitrogens is 6. The Morgan fingerprint density at radius 2 is 1.00 bits per heavy atom. The highest BCUT2D eigenvalue weighted by Gasteiger charge is 2.12. The second kappa shape index (κ2) is 7.16. The van der Waals surface area contributed by atoms with Crippen molar-refractivity contribution in [1.82, 2.24) is 30.4 Å². The summed E-state index contributed by atoms with van der Waals surface area (Å²) < 4.78 is 0. The number of benzene rings is 3. The van der Waals surface area contributed by atoms with Crippen LogP contribution < -0.4 is 0 Å². The van der Waals surface area contributed by atoms with E-state index >= 15 is 0 Å². The molecule has 0 aliphatic heterocycles. The molecule has 6 nitrogen and oxygen atoms in total. The van der Waals surface area contributed by atoms with Crippen molar-refractivity contribution in [3.8, 4) is 45.6 Å². The first-order chi connectivity index (χ1) is 14.3. The standard InChI is InChI=1S/C23H18N6/c1-15-12-18(22-24-20(26-28-22)16-8-4-2-5-9-16)14-19(13-15)23-25-21(27-29-23)17-10-6-3-7-11-17/h2-14H,1H3,(H,24,26,28)(H,25,27,29). The Bertz CT molecular complexity index is 1160. The molecule has 0 bridgehead atoms. The summed E-state index contributed by atoms with van der Waals surface area (Å²) in [4.78, 5) is 9.33. The molecule has 6 heteroatoms. The molecule has 2 heterocycles. The van der Waals surface area contributed by atoms with E-state index in [1.165, 1.54) is 0 Å². The minimum absolute atomic E-state index is 0.676. The molecule has 3 aromatic carbocycles. The quantitative estimate of drug-likeness (QED) is 0.466. The minimum atomic E-state index is 0.676. The molecule has 0 spiro atoms. The number of H-pyrrole nitrogens is 2. The van der Waals surface area contributed by atoms with Crippen molar-refractivity contribution in [2.24, 2.45) is 0 Å². The molecule has 2 N–H and O–H groups in total. The maximum absolute atomic E-state index is 4.67. The van der Waals surface area contributed by atoms with Crippen LogP contribution in [0.5, 0.6) is 0 Å². The summed E-state index contributed by atoms with van der Waals surface area (Å²) in [5.74, 6) is 2.79. The van der Waals surface area contributed by atoms with E-state index in [2.05, 4.69) is 49.4 Å². The molecular weight excluding hydrogens is 360 g/mol. The molecule has 5 aromatic rings. The number of nitrogens with one attached hydrogen (secondary N) is 2. The molecule has 29 heavy (non-hydrogen) atoms. The molecule has 5 rings (SSSR count). The largest absolute Gasteiger partial charge is 0.259 e. The zero-order valence-electron chi connectivity index (χ0n) is 15.8. The van der Waals surface area contributed by atoms with E-state index in [0.29, 0.717) is 11.6 Å². The summed E-state index contributed by atoms with van der Waals surface area (Å²) >= 11 is 0. The fourth-order valence-electron chi connectivity index (χ4n) is 3.27. The Balaban J connectivity index is 1.50. The van der Waals surface area contributed by atoms with Crippen molar-refractivity contribution in [1.29, 1.82) is 0 Å². The highest BCUT2D eigenvalue weighted by atomic mass is 15.2. The number of aromatic amines is 2. The molecule has 0 unspecified atom stereocenters. The van der Waals surface area contributed by atoms with Gasteiger partial charge in [0.25, 0.3) is 0 Å². The first-order valence-electron chi connectivity index (χ1n) is 9.34. The van der Waals surface area contributed by atoms with Crippen molar-refractivity contribution < 1.29 is 0 Å². The lowest BCUT2D eigenvalue weighted by molar-refractivity contribution is 1.09. The van der Waals surface area contributed by atoms with Gasteiger partial charge in [0.05, 0.1) is 0 Å². The summed E-state index contributed by atoms with van der Waals surface area (Å²) in [6.45, 7) is 2.05. The van der Waals surface area contributed by atoms with Gasteiger partial charge >= 0.3 is 0 Å². The van der Waals surface area contributed by atoms with Gasteiger partial charge in [0.15, 0.2) is 23.3 Å². The predicted octanol–water partition coefficient (Wildman–Crippen LogP) is 4.90. The molecule has 0 saturated carbocycles. The van der Waals surface area contributed by atoms with E-state index in [9.17, 15) is 0 Å². The summed E-state index contributed by atoms with van der Waals surface area (Å²) in [5, 5.41) is 14.8. The third kappa shape index (κ3) is 3.43. The van der Waals surface area contributed by atoms with Gasteiger partial charge in [0.2, 0.25) is 0 Å². The third-order valence-electron chi connectivity index (χ3n) is 4.66. The number of nitrogens with zero attached hydrogens (tertiary/aromatic N) is 4. The van der Waals surface area contributed by atoms with E-state index < -0.39 is 0 Å². The van der Waals surface area contributed by atoms with Crippen LogP contribution in [0.3, 0.4) is 0 Å². The number of hydrogen-bond acceptors (Lipinski definition) is 4. The first-order valence-corrected chi connectivity index (χ1v) is 9.34. The molecule has 0 atom stereocenters. The fraction of sp³-hybridized carbons (Fsp3) is 0.0435. The topological polar surface area (TPSA) is 83.1 Å². The summed E-state index contributed by atoms with van der Waals surface area (Å²) in [7, 11) is 0. The van der Waals surface area contributed by atoms with E-state index in [0.717, 1.165) is 39.5 Å². The van der Waals surface area contributed by atoms with Gasteiger partial charge in [-0.3, -0.25) is 10.2 Å². The summed E-state index contributed by atoms with van der Waals surface area (Å²) in [6, 6.07) is 26.0. The van der Waals surface area contributed by atoms with Crippen LogP contribution in [0.25, 0.3) is 45.6 Å². The molecule has 0 saturated heterocycles. The smallest absolute Gasteiger partial charge is 0.181 e. The summed E-state index contributed by atoms with van der Waals surface area (Å²) in [5.41, 5.74) is 4.96. The maximum Gasteiger partial charge on any atom is 0.181 e. The minimum Gasteiger partial charge on any atom is -0.259 e. The summed E-state index contributed by atoms with van der Waals surface area (Å²) in [6.07, 6.45) is 0. The monoisotopic (exact) mass is 378 g/mol. The van der Waals surface area contributed by atoms with Crippen LogP contribution in [-0.4, -0.2) is 30.4 Å². The van der Waals surface area contributed by atoms with Gasteiger partial charge in [-0.15, -0.1) is 0 Å². The van der Waals surface area contributed by atoms with Gasteiger partial charge in [-0.1, -0.05) is 60.7 Å². The fourth-order valence-corrected chi connectivity index (χ4v) is 3.27.